The molecule has 34 heavy (non-hydrogen) atoms. The summed E-state index contributed by atoms with van der Waals surface area (Å²) in [6.45, 7) is 4.14. The summed E-state index contributed by atoms with van der Waals surface area (Å²) in [5, 5.41) is 6.10. The van der Waals surface area contributed by atoms with Gasteiger partial charge >= 0.3 is 0 Å². The number of benzene rings is 1. The first-order chi connectivity index (χ1) is 16.3. The number of sulfonamides is 1. The summed E-state index contributed by atoms with van der Waals surface area (Å²) in [7, 11) is 0.00410. The molecule has 0 aliphatic carbocycles. The minimum absolute atomic E-state index is 0.0220. The van der Waals surface area contributed by atoms with Crippen molar-refractivity contribution < 1.29 is 18.0 Å². The molecular weight excluding hydrogens is 472 g/mol. The van der Waals surface area contributed by atoms with Crippen molar-refractivity contribution in [3.8, 4) is 0 Å². The van der Waals surface area contributed by atoms with Gasteiger partial charge in [0.25, 0.3) is 11.8 Å². The van der Waals surface area contributed by atoms with Crippen LogP contribution in [-0.4, -0.2) is 62.7 Å². The predicted octanol–water partition coefficient (Wildman–Crippen LogP) is 3.30. The lowest BCUT2D eigenvalue weighted by Crippen LogP contribution is -2.43. The van der Waals surface area contributed by atoms with E-state index < -0.39 is 10.0 Å². The normalized spacial score (nSPS) is 19.4. The second-order valence-electron chi connectivity index (χ2n) is 8.93. The molecule has 2 aromatic rings. The van der Waals surface area contributed by atoms with Crippen LogP contribution in [0, 0.1) is 0 Å². The zero-order valence-corrected chi connectivity index (χ0v) is 21.5. The lowest BCUT2D eigenvalue weighted by molar-refractivity contribution is 0.0962. The molecule has 0 spiro atoms. The van der Waals surface area contributed by atoms with E-state index in [0.717, 1.165) is 55.6 Å². The number of hydrogen-bond donors (Lipinski definition) is 2. The predicted molar refractivity (Wildman–Crippen MR) is 134 cm³/mol. The summed E-state index contributed by atoms with van der Waals surface area (Å²) in [5.74, 6) is -0.587. The van der Waals surface area contributed by atoms with Crippen molar-refractivity contribution in [2.24, 2.45) is 0 Å². The zero-order valence-electron chi connectivity index (χ0n) is 19.9. The van der Waals surface area contributed by atoms with Crippen LogP contribution >= 0.6 is 11.3 Å². The van der Waals surface area contributed by atoms with E-state index in [2.05, 4.69) is 15.5 Å². The van der Waals surface area contributed by atoms with Gasteiger partial charge in [-0.2, -0.15) is 4.31 Å². The molecule has 1 atom stereocenters. The molecule has 2 amide bonds. The average Bonchev–Trinajstić information content (AvgIpc) is 3.20. The maximum atomic E-state index is 13.2. The topological polar surface area (TPSA) is 98.8 Å². The van der Waals surface area contributed by atoms with Gasteiger partial charge in [-0.05, 0) is 62.6 Å². The summed E-state index contributed by atoms with van der Waals surface area (Å²) in [6, 6.07) is 6.09. The Kier molecular flexibility index (Phi) is 7.42. The molecule has 3 heterocycles. The number of amides is 2. The number of fused-ring (bicyclic) bond motifs is 1. The van der Waals surface area contributed by atoms with E-state index in [1.807, 2.05) is 14.0 Å². The number of nitrogens with zero attached hydrogens (tertiary/aromatic N) is 2. The van der Waals surface area contributed by atoms with Gasteiger partial charge in [-0.15, -0.1) is 11.3 Å². The lowest BCUT2D eigenvalue weighted by atomic mass is 10.0. The molecule has 1 saturated heterocycles. The van der Waals surface area contributed by atoms with Crippen molar-refractivity contribution in [3.05, 3.63) is 45.8 Å². The third-order valence-electron chi connectivity index (χ3n) is 6.70. The molecule has 2 aliphatic heterocycles. The Morgan fingerprint density at radius 3 is 2.53 bits per heavy atom. The van der Waals surface area contributed by atoms with E-state index in [0.29, 0.717) is 22.7 Å². The van der Waals surface area contributed by atoms with Crippen molar-refractivity contribution in [3.63, 3.8) is 0 Å². The van der Waals surface area contributed by atoms with Crippen molar-refractivity contribution >= 4 is 38.2 Å². The van der Waals surface area contributed by atoms with Crippen LogP contribution < -0.4 is 10.6 Å². The fourth-order valence-corrected chi connectivity index (χ4v) is 7.86. The minimum atomic E-state index is -3.61. The van der Waals surface area contributed by atoms with Gasteiger partial charge in [-0.1, -0.05) is 13.3 Å². The number of piperidine rings is 1. The maximum absolute atomic E-state index is 13.2. The van der Waals surface area contributed by atoms with Crippen LogP contribution in [0.25, 0.3) is 0 Å². The van der Waals surface area contributed by atoms with Crippen LogP contribution in [0.4, 0.5) is 5.00 Å². The van der Waals surface area contributed by atoms with Gasteiger partial charge < -0.3 is 15.5 Å². The highest BCUT2D eigenvalue weighted by molar-refractivity contribution is 7.89. The van der Waals surface area contributed by atoms with E-state index in [9.17, 15) is 18.0 Å². The van der Waals surface area contributed by atoms with Crippen molar-refractivity contribution in [1.82, 2.24) is 14.5 Å². The summed E-state index contributed by atoms with van der Waals surface area (Å²) < 4.78 is 28.0. The standard InChI is InChI=1S/C24H32N4O4S2/c1-4-17-7-5-6-13-28(17)34(31,32)18-10-8-16(9-11-18)22(29)26-24-21(23(30)25-2)19-12-14-27(3)15-20(19)33-24/h8-11,17H,4-7,12-15H2,1-3H3,(H,25,30)(H,26,29)/t17-/m1/s1. The highest BCUT2D eigenvalue weighted by Gasteiger charge is 2.32. The van der Waals surface area contributed by atoms with Crippen molar-refractivity contribution in [1.29, 1.82) is 0 Å². The maximum Gasteiger partial charge on any atom is 0.256 e. The number of anilines is 1. The molecule has 4 rings (SSSR count). The number of nitrogens with one attached hydrogen (secondary N) is 2. The average molecular weight is 505 g/mol. The fraction of sp³-hybridized carbons (Fsp3) is 0.500. The number of carbonyl (C=O) groups is 2. The molecule has 1 aromatic carbocycles. The van der Waals surface area contributed by atoms with Crippen molar-refractivity contribution in [2.75, 3.05) is 32.5 Å². The van der Waals surface area contributed by atoms with Gasteiger partial charge in [0, 0.05) is 43.2 Å². The van der Waals surface area contributed by atoms with Crippen LogP contribution in [0.3, 0.4) is 0 Å². The van der Waals surface area contributed by atoms with Crippen LogP contribution in [0.1, 0.15) is 63.8 Å². The summed E-state index contributed by atoms with van der Waals surface area (Å²) in [5.41, 5.74) is 1.86. The van der Waals surface area contributed by atoms with E-state index >= 15 is 0 Å². The molecule has 1 aromatic heterocycles. The van der Waals surface area contributed by atoms with Crippen LogP contribution in [0.15, 0.2) is 29.2 Å². The van der Waals surface area contributed by atoms with Gasteiger partial charge in [0.1, 0.15) is 5.00 Å². The number of thiophene rings is 1. The Morgan fingerprint density at radius 2 is 1.85 bits per heavy atom. The molecule has 2 N–H and O–H groups in total. The zero-order chi connectivity index (χ0) is 24.5. The Labute approximate surface area is 205 Å². The number of rotatable bonds is 6. The molecule has 2 aliphatic rings. The van der Waals surface area contributed by atoms with Gasteiger partial charge in [0.2, 0.25) is 10.0 Å². The molecular formula is C24H32N4O4S2. The van der Waals surface area contributed by atoms with Crippen molar-refractivity contribution in [2.45, 2.75) is 56.5 Å². The van der Waals surface area contributed by atoms with Crippen LogP contribution in [0.2, 0.25) is 0 Å². The van der Waals surface area contributed by atoms with E-state index in [-0.39, 0.29) is 22.8 Å². The molecule has 1 fully saturated rings. The summed E-state index contributed by atoms with van der Waals surface area (Å²) in [6.07, 6.45) is 4.33. The van der Waals surface area contributed by atoms with E-state index in [4.69, 9.17) is 0 Å². The highest BCUT2D eigenvalue weighted by Crippen LogP contribution is 2.37. The molecule has 0 unspecified atom stereocenters. The van der Waals surface area contributed by atoms with E-state index in [1.165, 1.54) is 35.6 Å². The largest absolute Gasteiger partial charge is 0.355 e. The number of likely N-dealkylation sites (N-methyl/N-ethyl adjacent to an activating group) is 1. The van der Waals surface area contributed by atoms with E-state index in [1.54, 1.807) is 11.4 Å². The molecule has 0 saturated carbocycles. The molecule has 10 heteroatoms. The summed E-state index contributed by atoms with van der Waals surface area (Å²) in [4.78, 5) is 29.1. The van der Waals surface area contributed by atoms with Gasteiger partial charge in [0.05, 0.1) is 10.5 Å². The second kappa shape index (κ2) is 10.2. The summed E-state index contributed by atoms with van der Waals surface area (Å²) >= 11 is 1.42. The highest BCUT2D eigenvalue weighted by atomic mass is 32.2. The first-order valence-electron chi connectivity index (χ1n) is 11.7. The fourth-order valence-electron chi connectivity index (χ4n) is 4.77. The van der Waals surface area contributed by atoms with Gasteiger partial charge in [-0.3, -0.25) is 9.59 Å². The quantitative estimate of drug-likeness (QED) is 0.629. The second-order valence-corrected chi connectivity index (χ2v) is 11.9. The molecule has 184 valence electrons. The Hall–Kier alpha value is -2.27. The molecule has 0 bridgehead atoms. The van der Waals surface area contributed by atoms with Gasteiger partial charge in [0.15, 0.2) is 0 Å². The number of carbonyl (C=O) groups excluding carboxylic acids is 2. The third kappa shape index (κ3) is 4.77. The van der Waals surface area contributed by atoms with Crippen LogP contribution in [0.5, 0.6) is 0 Å². The first kappa shape index (κ1) is 24.8. The Balaban J connectivity index is 1.56. The minimum Gasteiger partial charge on any atom is -0.355 e. The van der Waals surface area contributed by atoms with Crippen LogP contribution in [-0.2, 0) is 23.0 Å². The smallest absolute Gasteiger partial charge is 0.256 e. The lowest BCUT2D eigenvalue weighted by Gasteiger charge is -2.34. The molecule has 0 radical (unpaired) electrons. The Bertz CT molecular complexity index is 1170. The van der Waals surface area contributed by atoms with Gasteiger partial charge in [-0.25, -0.2) is 8.42 Å². The Morgan fingerprint density at radius 1 is 1.12 bits per heavy atom. The SMILES string of the molecule is CC[C@@H]1CCCCN1S(=O)(=O)c1ccc(C(=O)Nc2sc3c(c2C(=O)NC)CCN(C)C3)cc1. The number of hydrogen-bond acceptors (Lipinski definition) is 6. The third-order valence-corrected chi connectivity index (χ3v) is 9.79. The monoisotopic (exact) mass is 504 g/mol. The first-order valence-corrected chi connectivity index (χ1v) is 14.0. The molecule has 8 nitrogen and oxygen atoms in total.